The van der Waals surface area contributed by atoms with Gasteiger partial charge in [0, 0.05) is 44.3 Å². The Hall–Kier alpha value is -0.120. The Kier molecular flexibility index (Phi) is 6.39. The van der Waals surface area contributed by atoms with Crippen molar-refractivity contribution in [3.8, 4) is 0 Å². The van der Waals surface area contributed by atoms with E-state index in [0.717, 1.165) is 24.0 Å². The number of hydrogen-bond acceptors (Lipinski definition) is 3. The molecule has 0 aromatic heterocycles. The predicted octanol–water partition coefficient (Wildman–Crippen LogP) is 3.45. The molecule has 3 rings (SSSR count). The van der Waals surface area contributed by atoms with Crippen molar-refractivity contribution in [2.75, 3.05) is 39.3 Å². The lowest BCUT2D eigenvalue weighted by molar-refractivity contribution is 0.0269. The third-order valence-electron chi connectivity index (χ3n) is 7.00. The molecule has 2 heterocycles. The second-order valence-corrected chi connectivity index (χ2v) is 8.52. The smallest absolute Gasteiger partial charge is 0.0121 e. The van der Waals surface area contributed by atoms with Gasteiger partial charge in [0.05, 0.1) is 0 Å². The fourth-order valence-corrected chi connectivity index (χ4v) is 5.15. The number of likely N-dealkylation sites (tertiary alicyclic amines) is 1. The molecule has 0 spiro atoms. The van der Waals surface area contributed by atoms with E-state index >= 15 is 0 Å². The maximum absolute atomic E-state index is 2.83. The largest absolute Gasteiger partial charge is 0.301 e. The van der Waals surface area contributed by atoms with Crippen LogP contribution >= 0.6 is 0 Å². The zero-order valence-corrected chi connectivity index (χ0v) is 15.8. The predicted molar refractivity (Wildman–Crippen MR) is 98.9 cm³/mol. The zero-order valence-electron chi connectivity index (χ0n) is 15.8. The molecule has 0 N–H and O–H groups in total. The standard InChI is InChI=1S/C20H39N3/c1-4-18-5-7-19(8-6-18)22-13-15-23(16-14-22)20-9-11-21(12-10-20)17(2)3/h17-20H,4-16H2,1-3H3. The van der Waals surface area contributed by atoms with Gasteiger partial charge in [-0.1, -0.05) is 13.3 Å². The number of rotatable bonds is 4. The molecule has 0 aromatic rings. The van der Waals surface area contributed by atoms with Gasteiger partial charge >= 0.3 is 0 Å². The normalized spacial score (nSPS) is 33.4. The van der Waals surface area contributed by atoms with Gasteiger partial charge in [-0.15, -0.1) is 0 Å². The fourth-order valence-electron chi connectivity index (χ4n) is 5.15. The van der Waals surface area contributed by atoms with Crippen LogP contribution in [-0.4, -0.2) is 72.1 Å². The Morgan fingerprint density at radius 1 is 0.696 bits per heavy atom. The molecule has 1 aliphatic carbocycles. The van der Waals surface area contributed by atoms with Crippen molar-refractivity contribution < 1.29 is 0 Å². The molecule has 2 aliphatic heterocycles. The lowest BCUT2D eigenvalue weighted by atomic mass is 9.83. The van der Waals surface area contributed by atoms with Gasteiger partial charge in [0.15, 0.2) is 0 Å². The summed E-state index contributed by atoms with van der Waals surface area (Å²) in [6, 6.07) is 2.50. The summed E-state index contributed by atoms with van der Waals surface area (Å²) in [6.45, 7) is 15.0. The Balaban J connectivity index is 1.39. The molecule has 0 atom stereocenters. The summed E-state index contributed by atoms with van der Waals surface area (Å²) in [5.74, 6) is 1.03. The molecule has 0 amide bonds. The molecule has 23 heavy (non-hydrogen) atoms. The quantitative estimate of drug-likeness (QED) is 0.785. The third-order valence-corrected chi connectivity index (χ3v) is 7.00. The summed E-state index contributed by atoms with van der Waals surface area (Å²) in [6.07, 6.45) is 10.1. The van der Waals surface area contributed by atoms with Crippen molar-refractivity contribution in [3.63, 3.8) is 0 Å². The zero-order chi connectivity index (χ0) is 16.2. The molecule has 3 aliphatic rings. The average Bonchev–Trinajstić information content (AvgIpc) is 2.62. The maximum atomic E-state index is 2.83. The minimum Gasteiger partial charge on any atom is -0.301 e. The van der Waals surface area contributed by atoms with Crippen molar-refractivity contribution in [3.05, 3.63) is 0 Å². The summed E-state index contributed by atoms with van der Waals surface area (Å²) >= 11 is 0. The van der Waals surface area contributed by atoms with E-state index in [2.05, 4.69) is 35.5 Å². The lowest BCUT2D eigenvalue weighted by Gasteiger charge is -2.46. The number of nitrogens with zero attached hydrogens (tertiary/aromatic N) is 3. The first-order valence-corrected chi connectivity index (χ1v) is 10.4. The molecule has 3 nitrogen and oxygen atoms in total. The Labute approximate surface area is 144 Å². The van der Waals surface area contributed by atoms with Crippen LogP contribution in [0.3, 0.4) is 0 Å². The maximum Gasteiger partial charge on any atom is 0.0121 e. The second kappa shape index (κ2) is 8.31. The highest BCUT2D eigenvalue weighted by Gasteiger charge is 2.31. The third kappa shape index (κ3) is 4.49. The summed E-state index contributed by atoms with van der Waals surface area (Å²) < 4.78 is 0. The first-order chi connectivity index (χ1) is 11.2. The van der Waals surface area contributed by atoms with E-state index in [-0.39, 0.29) is 0 Å². The van der Waals surface area contributed by atoms with Crippen LogP contribution in [0.1, 0.15) is 65.7 Å². The molecule has 0 radical (unpaired) electrons. The van der Waals surface area contributed by atoms with Crippen molar-refractivity contribution in [2.45, 2.75) is 83.8 Å². The van der Waals surface area contributed by atoms with Crippen LogP contribution < -0.4 is 0 Å². The van der Waals surface area contributed by atoms with Crippen LogP contribution in [0.15, 0.2) is 0 Å². The number of piperidine rings is 1. The fraction of sp³-hybridized carbons (Fsp3) is 1.00. The van der Waals surface area contributed by atoms with E-state index in [1.807, 2.05) is 0 Å². The molecule has 134 valence electrons. The molecule has 0 aromatic carbocycles. The van der Waals surface area contributed by atoms with E-state index in [4.69, 9.17) is 0 Å². The van der Waals surface area contributed by atoms with Crippen LogP contribution in [0, 0.1) is 5.92 Å². The van der Waals surface area contributed by atoms with Gasteiger partial charge in [-0.05, 0) is 71.4 Å². The van der Waals surface area contributed by atoms with E-state index in [1.165, 1.54) is 84.2 Å². The lowest BCUT2D eigenvalue weighted by Crippen LogP contribution is -2.55. The minimum atomic E-state index is 0.728. The van der Waals surface area contributed by atoms with Gasteiger partial charge in [0.1, 0.15) is 0 Å². The van der Waals surface area contributed by atoms with Crippen LogP contribution in [-0.2, 0) is 0 Å². The van der Waals surface area contributed by atoms with Gasteiger partial charge in [-0.2, -0.15) is 0 Å². The van der Waals surface area contributed by atoms with E-state index in [1.54, 1.807) is 0 Å². The SMILES string of the molecule is CCC1CCC(N2CCN(C3CCN(C(C)C)CC3)CC2)CC1. The Morgan fingerprint density at radius 2 is 1.17 bits per heavy atom. The topological polar surface area (TPSA) is 9.72 Å². The second-order valence-electron chi connectivity index (χ2n) is 8.52. The summed E-state index contributed by atoms with van der Waals surface area (Å²) in [4.78, 5) is 8.29. The highest BCUT2D eigenvalue weighted by atomic mass is 15.3. The average molecular weight is 322 g/mol. The summed E-state index contributed by atoms with van der Waals surface area (Å²) in [7, 11) is 0. The van der Waals surface area contributed by atoms with Gasteiger partial charge in [0.25, 0.3) is 0 Å². The van der Waals surface area contributed by atoms with Crippen LogP contribution in [0.5, 0.6) is 0 Å². The molecule has 2 saturated heterocycles. The summed E-state index contributed by atoms with van der Waals surface area (Å²) in [5.41, 5.74) is 0. The van der Waals surface area contributed by atoms with Gasteiger partial charge in [-0.25, -0.2) is 0 Å². The van der Waals surface area contributed by atoms with E-state index < -0.39 is 0 Å². The van der Waals surface area contributed by atoms with Crippen molar-refractivity contribution in [1.82, 2.24) is 14.7 Å². The molecular weight excluding hydrogens is 282 g/mol. The van der Waals surface area contributed by atoms with Crippen molar-refractivity contribution in [2.24, 2.45) is 5.92 Å². The van der Waals surface area contributed by atoms with E-state index in [9.17, 15) is 0 Å². The highest BCUT2D eigenvalue weighted by molar-refractivity contribution is 4.87. The van der Waals surface area contributed by atoms with E-state index in [0.29, 0.717) is 0 Å². The molecule has 3 fully saturated rings. The summed E-state index contributed by atoms with van der Waals surface area (Å²) in [5, 5.41) is 0. The molecular formula is C20H39N3. The van der Waals surface area contributed by atoms with Gasteiger partial charge in [0.2, 0.25) is 0 Å². The number of piperazine rings is 1. The van der Waals surface area contributed by atoms with Crippen LogP contribution in [0.4, 0.5) is 0 Å². The first kappa shape index (κ1) is 17.7. The molecule has 0 unspecified atom stereocenters. The highest BCUT2D eigenvalue weighted by Crippen LogP contribution is 2.30. The van der Waals surface area contributed by atoms with Gasteiger partial charge < -0.3 is 4.90 Å². The Bertz CT molecular complexity index is 333. The van der Waals surface area contributed by atoms with Gasteiger partial charge in [-0.3, -0.25) is 9.80 Å². The molecule has 1 saturated carbocycles. The van der Waals surface area contributed by atoms with Crippen LogP contribution in [0.25, 0.3) is 0 Å². The molecule has 3 heteroatoms. The number of hydrogen-bond donors (Lipinski definition) is 0. The monoisotopic (exact) mass is 321 g/mol. The Morgan fingerprint density at radius 3 is 1.61 bits per heavy atom. The van der Waals surface area contributed by atoms with Crippen LogP contribution in [0.2, 0.25) is 0 Å². The minimum absolute atomic E-state index is 0.728. The first-order valence-electron chi connectivity index (χ1n) is 10.4. The van der Waals surface area contributed by atoms with Crippen molar-refractivity contribution >= 4 is 0 Å². The molecule has 0 bridgehead atoms. The van der Waals surface area contributed by atoms with Crippen molar-refractivity contribution in [1.29, 1.82) is 0 Å².